The van der Waals surface area contributed by atoms with Crippen molar-refractivity contribution in [3.63, 3.8) is 0 Å². The predicted octanol–water partition coefficient (Wildman–Crippen LogP) is 8.19. The van der Waals surface area contributed by atoms with Crippen molar-refractivity contribution in [2.45, 2.75) is 161 Å². The number of carbonyl (C=O) groups is 1. The van der Waals surface area contributed by atoms with Crippen molar-refractivity contribution in [1.82, 2.24) is 0 Å². The van der Waals surface area contributed by atoms with Crippen LogP contribution in [0.4, 0.5) is 0 Å². The summed E-state index contributed by atoms with van der Waals surface area (Å²) >= 11 is 0. The van der Waals surface area contributed by atoms with E-state index in [1.54, 1.807) is 0 Å². The number of rotatable bonds is 33. The number of aliphatic hydroxyl groups is 2. The average Bonchev–Trinajstić information content (AvgIpc) is 2.99. The highest BCUT2D eigenvalue weighted by molar-refractivity contribution is 7.47. The van der Waals surface area contributed by atoms with Gasteiger partial charge in [-0.25, -0.2) is 4.57 Å². The number of esters is 1. The number of phosphoric acid groups is 1. The van der Waals surface area contributed by atoms with Crippen LogP contribution < -0.4 is 0 Å². The Morgan fingerprint density at radius 2 is 1.19 bits per heavy atom. The maximum absolute atomic E-state index is 12.4. The Kier molecular flexibility index (Phi) is 30.6. The van der Waals surface area contributed by atoms with Crippen LogP contribution >= 0.6 is 7.82 Å². The molecule has 0 bridgehead atoms. The minimum Gasteiger partial charge on any atom is -0.457 e. The molecule has 0 fully saturated rings. The van der Waals surface area contributed by atoms with Gasteiger partial charge in [0.25, 0.3) is 0 Å². The summed E-state index contributed by atoms with van der Waals surface area (Å²) in [6, 6.07) is 0. The Morgan fingerprint density at radius 3 is 1.77 bits per heavy atom. The van der Waals surface area contributed by atoms with Crippen molar-refractivity contribution in [3.8, 4) is 0 Å². The van der Waals surface area contributed by atoms with Crippen molar-refractivity contribution in [3.05, 3.63) is 12.2 Å². The van der Waals surface area contributed by atoms with E-state index in [1.165, 1.54) is 83.5 Å². The first-order valence-corrected chi connectivity index (χ1v) is 18.7. The van der Waals surface area contributed by atoms with Crippen LogP contribution in [0.2, 0.25) is 0 Å². The lowest BCUT2D eigenvalue weighted by Crippen LogP contribution is -2.29. The van der Waals surface area contributed by atoms with E-state index in [0.717, 1.165) is 44.9 Å². The van der Waals surface area contributed by atoms with Crippen molar-refractivity contribution < 1.29 is 43.0 Å². The highest BCUT2D eigenvalue weighted by atomic mass is 31.2. The molecule has 256 valence electrons. The first-order valence-electron chi connectivity index (χ1n) is 17.2. The fourth-order valence-electron chi connectivity index (χ4n) is 4.52. The molecule has 3 unspecified atom stereocenters. The number of ether oxygens (including phenoxy) is 2. The van der Waals surface area contributed by atoms with Gasteiger partial charge in [-0.15, -0.1) is 0 Å². The molecule has 0 aromatic carbocycles. The first kappa shape index (κ1) is 42.2. The smallest absolute Gasteiger partial charge is 0.457 e. The Balaban J connectivity index is 4.24. The second-order valence-electron chi connectivity index (χ2n) is 11.5. The van der Waals surface area contributed by atoms with Gasteiger partial charge in [0.15, 0.2) is 0 Å². The second-order valence-corrected chi connectivity index (χ2v) is 13.0. The van der Waals surface area contributed by atoms with Gasteiger partial charge in [-0.2, -0.15) is 0 Å². The molecule has 0 spiro atoms. The molecule has 9 nitrogen and oxygen atoms in total. The maximum atomic E-state index is 12.4. The fraction of sp³-hybridized carbons (Fsp3) is 0.909. The van der Waals surface area contributed by atoms with E-state index >= 15 is 0 Å². The van der Waals surface area contributed by atoms with Crippen LogP contribution in [-0.4, -0.2) is 66.3 Å². The van der Waals surface area contributed by atoms with Crippen LogP contribution in [-0.2, 0) is 27.9 Å². The summed E-state index contributed by atoms with van der Waals surface area (Å²) in [6.07, 6.45) is 26.1. The van der Waals surface area contributed by atoms with Crippen LogP contribution in [0.25, 0.3) is 0 Å². The molecule has 0 aromatic rings. The molecule has 0 aliphatic carbocycles. The van der Waals surface area contributed by atoms with E-state index in [9.17, 15) is 19.4 Å². The van der Waals surface area contributed by atoms with Crippen LogP contribution in [0.5, 0.6) is 0 Å². The van der Waals surface area contributed by atoms with Gasteiger partial charge in [-0.3, -0.25) is 13.8 Å². The Labute approximate surface area is 262 Å². The number of allylic oxidation sites excluding steroid dienone is 2. The summed E-state index contributed by atoms with van der Waals surface area (Å²) < 4.78 is 33.0. The molecule has 0 amide bonds. The summed E-state index contributed by atoms with van der Waals surface area (Å²) in [6.45, 7) is 3.45. The van der Waals surface area contributed by atoms with Gasteiger partial charge >= 0.3 is 13.8 Å². The van der Waals surface area contributed by atoms with Crippen LogP contribution in [0.15, 0.2) is 12.2 Å². The number of phosphoric ester groups is 1. The Hall–Kier alpha value is -0.800. The topological polar surface area (TPSA) is 132 Å². The predicted molar refractivity (Wildman–Crippen MR) is 173 cm³/mol. The molecule has 3 atom stereocenters. The van der Waals surface area contributed by atoms with Crippen molar-refractivity contribution >= 4 is 13.8 Å². The molecule has 0 saturated carbocycles. The molecule has 0 radical (unpaired) electrons. The summed E-state index contributed by atoms with van der Waals surface area (Å²) in [4.78, 5) is 22.3. The lowest BCUT2D eigenvalue weighted by molar-refractivity contribution is -0.154. The van der Waals surface area contributed by atoms with Gasteiger partial charge in [0.1, 0.15) is 12.2 Å². The minimum absolute atomic E-state index is 0.0488. The molecule has 0 aromatic heterocycles. The fourth-order valence-corrected chi connectivity index (χ4v) is 5.31. The zero-order valence-corrected chi connectivity index (χ0v) is 28.3. The number of carbonyl (C=O) groups excluding carboxylic acids is 1. The van der Waals surface area contributed by atoms with E-state index in [2.05, 4.69) is 26.0 Å². The lowest BCUT2D eigenvalue weighted by atomic mass is 10.1. The Bertz CT molecular complexity index is 689. The van der Waals surface area contributed by atoms with Gasteiger partial charge in [-0.1, -0.05) is 116 Å². The van der Waals surface area contributed by atoms with Crippen LogP contribution in [0.3, 0.4) is 0 Å². The summed E-state index contributed by atoms with van der Waals surface area (Å²) in [5.41, 5.74) is 0. The number of unbranched alkanes of at least 4 members (excludes halogenated alkanes) is 17. The van der Waals surface area contributed by atoms with Crippen LogP contribution in [0.1, 0.15) is 149 Å². The standard InChI is InChI=1S/C33H65O9P/c1-3-5-7-9-11-13-14-15-16-17-18-20-22-24-26-39-29-32(30-41-43(37,38)40-28-31(35)27-34)42-33(36)25-23-21-19-12-10-8-6-4-2/h13-14,31-32,34-35H,3-12,15-30H2,1-2H3,(H,37,38)/b14-13-. The van der Waals surface area contributed by atoms with Crippen molar-refractivity contribution in [1.29, 1.82) is 0 Å². The zero-order valence-electron chi connectivity index (χ0n) is 27.4. The number of hydrogen-bond donors (Lipinski definition) is 3. The quantitative estimate of drug-likeness (QED) is 0.0282. The van der Waals surface area contributed by atoms with E-state index < -0.39 is 33.2 Å². The summed E-state index contributed by atoms with van der Waals surface area (Å²) in [5, 5.41) is 18.2. The Morgan fingerprint density at radius 1 is 0.698 bits per heavy atom. The van der Waals surface area contributed by atoms with E-state index in [-0.39, 0.29) is 25.6 Å². The third kappa shape index (κ3) is 31.0. The van der Waals surface area contributed by atoms with Gasteiger partial charge in [0, 0.05) is 13.0 Å². The first-order chi connectivity index (χ1) is 20.8. The molecule has 0 saturated heterocycles. The number of aliphatic hydroxyl groups excluding tert-OH is 2. The molecule has 0 aliphatic heterocycles. The average molecular weight is 637 g/mol. The van der Waals surface area contributed by atoms with Gasteiger partial charge in [0.2, 0.25) is 0 Å². The molecule has 0 aliphatic rings. The maximum Gasteiger partial charge on any atom is 0.472 e. The highest BCUT2D eigenvalue weighted by Crippen LogP contribution is 2.43. The van der Waals surface area contributed by atoms with E-state index in [0.29, 0.717) is 6.61 Å². The molecule has 0 rings (SSSR count). The van der Waals surface area contributed by atoms with E-state index in [4.69, 9.17) is 23.6 Å². The lowest BCUT2D eigenvalue weighted by Gasteiger charge is -2.20. The van der Waals surface area contributed by atoms with Crippen molar-refractivity contribution in [2.75, 3.05) is 33.0 Å². The number of hydrogen-bond acceptors (Lipinski definition) is 8. The van der Waals surface area contributed by atoms with E-state index in [1.807, 2.05) is 0 Å². The third-order valence-electron chi connectivity index (χ3n) is 7.20. The zero-order chi connectivity index (χ0) is 31.9. The minimum atomic E-state index is -4.50. The normalized spacial score (nSPS) is 14.6. The largest absolute Gasteiger partial charge is 0.472 e. The monoisotopic (exact) mass is 636 g/mol. The van der Waals surface area contributed by atoms with Crippen molar-refractivity contribution in [2.24, 2.45) is 0 Å². The molecule has 3 N–H and O–H groups in total. The molecule has 0 heterocycles. The molecular formula is C33H65O9P. The van der Waals surface area contributed by atoms with Gasteiger partial charge in [-0.05, 0) is 38.5 Å². The summed E-state index contributed by atoms with van der Waals surface area (Å²) in [7, 11) is -4.50. The third-order valence-corrected chi connectivity index (χ3v) is 8.15. The van der Waals surface area contributed by atoms with Gasteiger partial charge in [0.05, 0.1) is 26.4 Å². The second kappa shape index (κ2) is 31.2. The molecular weight excluding hydrogens is 571 g/mol. The van der Waals surface area contributed by atoms with Gasteiger partial charge < -0.3 is 24.6 Å². The molecule has 10 heteroatoms. The molecule has 43 heavy (non-hydrogen) atoms. The SMILES string of the molecule is CCCCCC/C=C\CCCCCCCCOCC(COP(=O)(O)OCC(O)CO)OC(=O)CCCCCCCCCC. The highest BCUT2D eigenvalue weighted by Gasteiger charge is 2.26. The summed E-state index contributed by atoms with van der Waals surface area (Å²) in [5.74, 6) is -0.390. The van der Waals surface area contributed by atoms with Crippen LogP contribution in [0, 0.1) is 0 Å².